The first-order valence-electron chi connectivity index (χ1n) is 27.0. The van der Waals surface area contributed by atoms with Gasteiger partial charge in [-0.05, 0) is 37.9 Å². The SMILES string of the molecule is COCCOCCOCCOCCOCCOCCOCC(CNC(=O)COCCOCCOCCOCCOCc1ccc2ccc3cccc4ccc1c2c34)OCCOCCOCCOCCOCCOCCOC. The van der Waals surface area contributed by atoms with Crippen LogP contribution in [0.25, 0.3) is 32.3 Å². The molecule has 1 amide bonds. The van der Waals surface area contributed by atoms with Gasteiger partial charge in [-0.1, -0.05) is 54.6 Å². The van der Waals surface area contributed by atoms with Gasteiger partial charge in [-0.15, -0.1) is 0 Å². The molecule has 438 valence electrons. The lowest BCUT2D eigenvalue weighted by Crippen LogP contribution is -2.39. The van der Waals surface area contributed by atoms with Gasteiger partial charge in [-0.2, -0.15) is 0 Å². The monoisotopic (exact) mass is 1100 g/mol. The highest BCUT2D eigenvalue weighted by atomic mass is 16.6. The van der Waals surface area contributed by atoms with Crippen molar-refractivity contribution >= 4 is 38.2 Å². The van der Waals surface area contributed by atoms with E-state index in [0.29, 0.717) is 211 Å². The third-order valence-electron chi connectivity index (χ3n) is 11.2. The number of carbonyl (C=O) groups is 1. The van der Waals surface area contributed by atoms with Crippen molar-refractivity contribution in [3.63, 3.8) is 0 Å². The summed E-state index contributed by atoms with van der Waals surface area (Å²) in [5.41, 5.74) is 1.17. The maximum atomic E-state index is 12.6. The minimum Gasteiger partial charge on any atom is -0.382 e. The van der Waals surface area contributed by atoms with Gasteiger partial charge in [0, 0.05) is 20.8 Å². The first kappa shape index (κ1) is 66.1. The van der Waals surface area contributed by atoms with E-state index in [9.17, 15) is 4.79 Å². The molecule has 4 aromatic carbocycles. The molecule has 0 aromatic heterocycles. The van der Waals surface area contributed by atoms with Gasteiger partial charge < -0.3 is 95.3 Å². The Morgan fingerprint density at radius 2 is 0.701 bits per heavy atom. The second kappa shape index (κ2) is 47.4. The minimum absolute atomic E-state index is 0.123. The van der Waals surface area contributed by atoms with E-state index in [0.717, 1.165) is 0 Å². The van der Waals surface area contributed by atoms with Gasteiger partial charge in [-0.25, -0.2) is 0 Å². The minimum atomic E-state index is -0.426. The Kier molecular flexibility index (Phi) is 40.8. The number of hydrogen-bond donors (Lipinski definition) is 1. The number of benzene rings is 4. The van der Waals surface area contributed by atoms with E-state index in [2.05, 4.69) is 59.9 Å². The molecule has 1 N–H and O–H groups in total. The second-order valence-corrected chi connectivity index (χ2v) is 17.0. The Balaban J connectivity index is 0.955. The van der Waals surface area contributed by atoms with Crippen LogP contribution in [0, 0.1) is 0 Å². The zero-order valence-corrected chi connectivity index (χ0v) is 45.9. The highest BCUT2D eigenvalue weighted by molar-refractivity contribution is 6.23. The van der Waals surface area contributed by atoms with Crippen molar-refractivity contribution in [2.75, 3.05) is 245 Å². The van der Waals surface area contributed by atoms with Crippen LogP contribution in [-0.2, 0) is 101 Å². The van der Waals surface area contributed by atoms with Crippen LogP contribution in [0.5, 0.6) is 0 Å². The predicted octanol–water partition coefficient (Wildman–Crippen LogP) is 4.14. The lowest BCUT2D eigenvalue weighted by molar-refractivity contribution is -0.127. The summed E-state index contributed by atoms with van der Waals surface area (Å²) in [7, 11) is 3.27. The third kappa shape index (κ3) is 32.5. The molecular weight excluding hydrogens is 1010 g/mol. The molecule has 4 rings (SSSR count). The second-order valence-electron chi connectivity index (χ2n) is 17.0. The van der Waals surface area contributed by atoms with E-state index in [1.165, 1.54) is 37.9 Å². The Morgan fingerprint density at radius 1 is 0.364 bits per heavy atom. The maximum absolute atomic E-state index is 12.6. The van der Waals surface area contributed by atoms with Crippen molar-refractivity contribution in [3.05, 3.63) is 60.2 Å². The highest BCUT2D eigenvalue weighted by Crippen LogP contribution is 2.36. The van der Waals surface area contributed by atoms with E-state index in [1.54, 1.807) is 14.2 Å². The van der Waals surface area contributed by atoms with Crippen LogP contribution in [-0.4, -0.2) is 257 Å². The molecule has 0 aliphatic carbocycles. The smallest absolute Gasteiger partial charge is 0.246 e. The summed E-state index contributed by atoms with van der Waals surface area (Å²) in [5, 5.41) is 10.4. The highest BCUT2D eigenvalue weighted by Gasteiger charge is 2.14. The molecule has 0 aliphatic rings. The van der Waals surface area contributed by atoms with Crippen LogP contribution in [0.4, 0.5) is 0 Å². The topological polar surface area (TPSA) is 204 Å². The lowest BCUT2D eigenvalue weighted by atomic mass is 9.92. The number of amides is 1. The molecule has 4 aromatic rings. The fourth-order valence-electron chi connectivity index (χ4n) is 7.35. The van der Waals surface area contributed by atoms with Gasteiger partial charge in [0.15, 0.2) is 0 Å². The summed E-state index contributed by atoms with van der Waals surface area (Å²) in [5.74, 6) is -0.283. The Morgan fingerprint density at radius 3 is 1.13 bits per heavy atom. The van der Waals surface area contributed by atoms with Crippen molar-refractivity contribution in [2.24, 2.45) is 0 Å². The average Bonchev–Trinajstić information content (AvgIpc) is 3.46. The number of rotatable bonds is 57. The fraction of sp³-hybridized carbons (Fsp3) is 0.696. The Hall–Kier alpha value is -3.37. The molecule has 0 radical (unpaired) electrons. The summed E-state index contributed by atoms with van der Waals surface area (Å²) in [6.45, 7) is 15.2. The molecule has 0 spiro atoms. The Labute approximate surface area is 455 Å². The van der Waals surface area contributed by atoms with Crippen molar-refractivity contribution in [2.45, 2.75) is 12.7 Å². The van der Waals surface area contributed by atoms with Gasteiger partial charge in [0.25, 0.3) is 0 Å². The van der Waals surface area contributed by atoms with Gasteiger partial charge >= 0.3 is 0 Å². The number of methoxy groups -OCH3 is 2. The van der Waals surface area contributed by atoms with Crippen LogP contribution < -0.4 is 5.32 Å². The van der Waals surface area contributed by atoms with Gasteiger partial charge in [0.1, 0.15) is 6.61 Å². The van der Waals surface area contributed by atoms with Crippen LogP contribution in [0.3, 0.4) is 0 Å². The van der Waals surface area contributed by atoms with Crippen LogP contribution >= 0.6 is 0 Å². The van der Waals surface area contributed by atoms with Crippen molar-refractivity contribution in [1.82, 2.24) is 5.32 Å². The Bertz CT molecular complexity index is 1950. The lowest BCUT2D eigenvalue weighted by Gasteiger charge is -2.19. The number of carbonyl (C=O) groups excluding carboxylic acids is 1. The van der Waals surface area contributed by atoms with Crippen molar-refractivity contribution in [1.29, 1.82) is 0 Å². The number of hydrogen-bond acceptors (Lipinski definition) is 20. The predicted molar refractivity (Wildman–Crippen MR) is 289 cm³/mol. The summed E-state index contributed by atoms with van der Waals surface area (Å²) in [6, 6.07) is 19.5. The van der Waals surface area contributed by atoms with E-state index in [-0.39, 0.29) is 32.3 Å². The van der Waals surface area contributed by atoms with E-state index >= 15 is 0 Å². The summed E-state index contributed by atoms with van der Waals surface area (Å²) in [4.78, 5) is 12.6. The van der Waals surface area contributed by atoms with Crippen molar-refractivity contribution in [3.8, 4) is 0 Å². The third-order valence-corrected chi connectivity index (χ3v) is 11.2. The van der Waals surface area contributed by atoms with Crippen LogP contribution in [0.1, 0.15) is 5.56 Å². The number of ether oxygens (including phenoxy) is 19. The van der Waals surface area contributed by atoms with E-state index < -0.39 is 6.10 Å². The molecule has 0 aliphatic heterocycles. The summed E-state index contributed by atoms with van der Waals surface area (Å²) < 4.78 is 105. The maximum Gasteiger partial charge on any atom is 0.246 e. The molecule has 1 atom stereocenters. The summed E-state index contributed by atoms with van der Waals surface area (Å²) >= 11 is 0. The zero-order valence-electron chi connectivity index (χ0n) is 45.9. The first-order valence-corrected chi connectivity index (χ1v) is 27.0. The molecule has 0 fully saturated rings. The molecule has 0 saturated carbocycles. The molecule has 77 heavy (non-hydrogen) atoms. The van der Waals surface area contributed by atoms with Crippen LogP contribution in [0.15, 0.2) is 54.6 Å². The normalized spacial score (nSPS) is 12.3. The van der Waals surface area contributed by atoms with E-state index in [1.807, 2.05) is 0 Å². The number of nitrogens with one attached hydrogen (secondary N) is 1. The standard InChI is InChI=1S/C56H89NO20/c1-59-12-14-61-16-18-63-20-22-65-24-25-67-29-32-71-37-40-75-46-52(77-43-42-73-35-34-69-27-26-66-23-21-64-19-17-62-15-13-60-2)44-57-54(58)47-76-41-38-72-33-30-68-28-31-70-36-39-74-45-51-9-8-50-7-6-48-4-3-5-49-10-11-53(51)56(50)55(48)49/h3-11,52H,12-47H2,1-2H3,(H,57,58). The molecule has 0 saturated heterocycles. The molecule has 21 nitrogen and oxygen atoms in total. The molecular formula is C56H89NO20. The molecule has 0 heterocycles. The van der Waals surface area contributed by atoms with Gasteiger partial charge in [-0.3, -0.25) is 4.79 Å². The van der Waals surface area contributed by atoms with Crippen LogP contribution in [0.2, 0.25) is 0 Å². The largest absolute Gasteiger partial charge is 0.382 e. The van der Waals surface area contributed by atoms with E-state index in [4.69, 9.17) is 90.0 Å². The molecule has 21 heteroatoms. The molecule has 0 bridgehead atoms. The zero-order chi connectivity index (χ0) is 54.2. The fourth-order valence-corrected chi connectivity index (χ4v) is 7.35. The molecule has 1 unspecified atom stereocenters. The first-order chi connectivity index (χ1) is 38.2. The quantitative estimate of drug-likeness (QED) is 0.0487. The van der Waals surface area contributed by atoms with Gasteiger partial charge in [0.2, 0.25) is 5.91 Å². The average molecular weight is 1100 g/mol. The van der Waals surface area contributed by atoms with Crippen molar-refractivity contribution < 1.29 is 94.8 Å². The summed E-state index contributed by atoms with van der Waals surface area (Å²) in [6.07, 6.45) is -0.426. The van der Waals surface area contributed by atoms with Gasteiger partial charge in [0.05, 0.1) is 231 Å².